The van der Waals surface area contributed by atoms with Crippen molar-refractivity contribution in [2.45, 2.75) is 20.0 Å². The van der Waals surface area contributed by atoms with Crippen molar-refractivity contribution >= 4 is 40.9 Å². The number of amides is 1. The molecule has 0 fully saturated rings. The number of nitrogens with one attached hydrogen (secondary N) is 1. The van der Waals surface area contributed by atoms with Gasteiger partial charge in [0.05, 0.1) is 23.4 Å². The van der Waals surface area contributed by atoms with Crippen LogP contribution < -0.4 is 5.32 Å². The van der Waals surface area contributed by atoms with Gasteiger partial charge in [-0.25, -0.2) is 9.67 Å². The van der Waals surface area contributed by atoms with Gasteiger partial charge in [-0.1, -0.05) is 29.3 Å². The molecule has 0 bridgehead atoms. The van der Waals surface area contributed by atoms with Gasteiger partial charge in [0, 0.05) is 10.0 Å². The van der Waals surface area contributed by atoms with Crippen LogP contribution in [-0.4, -0.2) is 35.4 Å². The summed E-state index contributed by atoms with van der Waals surface area (Å²) in [6.07, 6.45) is 1.45. The van der Waals surface area contributed by atoms with E-state index in [1.807, 2.05) is 0 Å². The summed E-state index contributed by atoms with van der Waals surface area (Å²) in [5.41, 5.74) is 1.29. The first-order valence-corrected chi connectivity index (χ1v) is 8.39. The average molecular weight is 410 g/mol. The third-order valence-corrected chi connectivity index (χ3v) is 4.17. The van der Waals surface area contributed by atoms with Crippen LogP contribution in [0.4, 0.5) is 11.8 Å². The molecule has 2 heterocycles. The Morgan fingerprint density at radius 2 is 2.07 bits per heavy atom. The number of carbonyl (C=O) groups excluding carboxylic acids is 1. The highest BCUT2D eigenvalue weighted by molar-refractivity contribution is 6.35. The lowest BCUT2D eigenvalue weighted by molar-refractivity contribution is -0.389. The van der Waals surface area contributed by atoms with Crippen LogP contribution in [0.2, 0.25) is 10.0 Å². The van der Waals surface area contributed by atoms with Crippen molar-refractivity contribution in [3.63, 3.8) is 0 Å². The fourth-order valence-electron chi connectivity index (χ4n) is 2.29. The van der Waals surface area contributed by atoms with Crippen molar-refractivity contribution in [3.05, 3.63) is 62.0 Å². The number of aryl methyl sites for hydroxylation is 1. The van der Waals surface area contributed by atoms with Crippen molar-refractivity contribution < 1.29 is 9.72 Å². The Bertz CT molecular complexity index is 1010. The maximum atomic E-state index is 12.1. The van der Waals surface area contributed by atoms with Gasteiger partial charge < -0.3 is 10.1 Å². The van der Waals surface area contributed by atoms with Gasteiger partial charge in [-0.15, -0.1) is 5.10 Å². The van der Waals surface area contributed by atoms with Crippen molar-refractivity contribution in [1.29, 1.82) is 0 Å². The number of anilines is 1. The molecule has 12 heteroatoms. The molecule has 0 saturated heterocycles. The number of carbonyl (C=O) groups is 1. The van der Waals surface area contributed by atoms with Crippen molar-refractivity contribution in [1.82, 2.24) is 24.5 Å². The Kier molecular flexibility index (Phi) is 5.38. The van der Waals surface area contributed by atoms with Crippen LogP contribution >= 0.6 is 23.2 Å². The van der Waals surface area contributed by atoms with Gasteiger partial charge in [0.1, 0.15) is 12.9 Å². The molecule has 0 radical (unpaired) electrons. The second-order valence-electron chi connectivity index (χ2n) is 5.61. The molecule has 27 heavy (non-hydrogen) atoms. The lowest BCUT2D eigenvalue weighted by atomic mass is 10.2. The summed E-state index contributed by atoms with van der Waals surface area (Å²) in [5.74, 6) is -0.676. The number of halogens is 2. The van der Waals surface area contributed by atoms with Crippen LogP contribution in [-0.2, 0) is 17.9 Å². The Hall–Kier alpha value is -2.98. The molecule has 0 aliphatic rings. The highest BCUT2D eigenvalue weighted by atomic mass is 35.5. The monoisotopic (exact) mass is 409 g/mol. The zero-order chi connectivity index (χ0) is 19.6. The smallest absolute Gasteiger partial charge is 0.358 e. The largest absolute Gasteiger partial charge is 0.390 e. The molecule has 0 spiro atoms. The number of nitro groups is 1. The Morgan fingerprint density at radius 1 is 1.30 bits per heavy atom. The Balaban J connectivity index is 1.63. The quantitative estimate of drug-likeness (QED) is 0.493. The fourth-order valence-corrected chi connectivity index (χ4v) is 2.76. The number of hydrogen-bond donors (Lipinski definition) is 1. The number of rotatable bonds is 6. The minimum Gasteiger partial charge on any atom is -0.358 e. The first kappa shape index (κ1) is 18.8. The van der Waals surface area contributed by atoms with E-state index in [2.05, 4.69) is 20.5 Å². The molecule has 0 aliphatic carbocycles. The van der Waals surface area contributed by atoms with Crippen LogP contribution in [0.15, 0.2) is 30.6 Å². The number of nitrogens with zero attached hydrogens (tertiary/aromatic N) is 6. The SMILES string of the molecule is Cc1cc([N+](=O)[O-])nn1CC(=O)Nc1ncn(Cc2ccc(Cl)cc2Cl)n1. The molecular weight excluding hydrogens is 397 g/mol. The zero-order valence-electron chi connectivity index (χ0n) is 14.0. The minimum atomic E-state index is -0.619. The first-order valence-electron chi connectivity index (χ1n) is 7.64. The molecule has 3 rings (SSSR count). The number of benzene rings is 1. The maximum absolute atomic E-state index is 12.1. The van der Waals surface area contributed by atoms with E-state index in [1.54, 1.807) is 25.1 Å². The summed E-state index contributed by atoms with van der Waals surface area (Å²) < 4.78 is 2.74. The summed E-state index contributed by atoms with van der Waals surface area (Å²) >= 11 is 12.0. The molecule has 140 valence electrons. The number of hydrogen-bond acceptors (Lipinski definition) is 6. The van der Waals surface area contributed by atoms with E-state index in [0.717, 1.165) is 5.56 Å². The van der Waals surface area contributed by atoms with Gasteiger partial charge in [-0.05, 0) is 29.5 Å². The number of aromatic nitrogens is 5. The van der Waals surface area contributed by atoms with Crippen molar-refractivity contribution in [2.75, 3.05) is 5.32 Å². The summed E-state index contributed by atoms with van der Waals surface area (Å²) in [7, 11) is 0. The highest BCUT2D eigenvalue weighted by Gasteiger charge is 2.18. The van der Waals surface area contributed by atoms with Gasteiger partial charge >= 0.3 is 5.82 Å². The van der Waals surface area contributed by atoms with E-state index in [1.165, 1.54) is 21.8 Å². The lowest BCUT2D eigenvalue weighted by Gasteiger charge is -2.04. The Labute approximate surface area is 162 Å². The van der Waals surface area contributed by atoms with Gasteiger partial charge in [-0.2, -0.15) is 4.68 Å². The minimum absolute atomic E-state index is 0.101. The normalized spacial score (nSPS) is 10.8. The molecule has 1 aromatic carbocycles. The predicted octanol–water partition coefficient (Wildman–Crippen LogP) is 2.69. The molecule has 3 aromatic rings. The molecule has 0 aliphatic heterocycles. The van der Waals surface area contributed by atoms with Crippen molar-refractivity contribution in [2.24, 2.45) is 0 Å². The van der Waals surface area contributed by atoms with E-state index < -0.39 is 10.8 Å². The van der Waals surface area contributed by atoms with Crippen molar-refractivity contribution in [3.8, 4) is 0 Å². The lowest BCUT2D eigenvalue weighted by Crippen LogP contribution is -2.21. The molecular formula is C15H13Cl2N7O3. The average Bonchev–Trinajstić information content (AvgIpc) is 3.17. The van der Waals surface area contributed by atoms with Crippen LogP contribution in [0.1, 0.15) is 11.3 Å². The van der Waals surface area contributed by atoms with E-state index in [0.29, 0.717) is 22.3 Å². The van der Waals surface area contributed by atoms with E-state index >= 15 is 0 Å². The summed E-state index contributed by atoms with van der Waals surface area (Å²) in [6.45, 7) is 1.77. The molecule has 0 unspecified atom stereocenters. The van der Waals surface area contributed by atoms with Gasteiger partial charge in [0.2, 0.25) is 5.95 Å². The second kappa shape index (κ2) is 7.72. The molecule has 2 aromatic heterocycles. The third-order valence-electron chi connectivity index (χ3n) is 3.58. The van der Waals surface area contributed by atoms with E-state index in [4.69, 9.17) is 23.2 Å². The molecule has 1 amide bonds. The fraction of sp³-hybridized carbons (Fsp3) is 0.200. The second-order valence-corrected chi connectivity index (χ2v) is 6.45. The standard InChI is InChI=1S/C15H13Cl2N7O3/c1-9-4-13(24(26)27)20-23(9)7-14(25)19-15-18-8-22(21-15)6-10-2-3-11(16)5-12(10)17/h2-5,8H,6-7H2,1H3,(H,19,21,25). The van der Waals surface area contributed by atoms with Gasteiger partial charge in [0.25, 0.3) is 5.91 Å². The van der Waals surface area contributed by atoms with Gasteiger partial charge in [-0.3, -0.25) is 10.1 Å². The van der Waals surface area contributed by atoms with Crippen LogP contribution in [0.3, 0.4) is 0 Å². The Morgan fingerprint density at radius 3 is 2.74 bits per heavy atom. The van der Waals surface area contributed by atoms with Crippen LogP contribution in [0, 0.1) is 17.0 Å². The molecule has 0 saturated carbocycles. The summed E-state index contributed by atoms with van der Waals surface area (Å²) in [6, 6.07) is 6.41. The summed E-state index contributed by atoms with van der Waals surface area (Å²) in [4.78, 5) is 26.2. The molecule has 10 nitrogen and oxygen atoms in total. The van der Waals surface area contributed by atoms with E-state index in [-0.39, 0.29) is 18.3 Å². The van der Waals surface area contributed by atoms with E-state index in [9.17, 15) is 14.9 Å². The van der Waals surface area contributed by atoms with Crippen LogP contribution in [0.5, 0.6) is 0 Å². The molecule has 0 atom stereocenters. The third kappa shape index (κ3) is 4.60. The first-order chi connectivity index (χ1) is 12.8. The van der Waals surface area contributed by atoms with Gasteiger partial charge in [0.15, 0.2) is 0 Å². The molecule has 1 N–H and O–H groups in total. The summed E-state index contributed by atoms with van der Waals surface area (Å²) in [5, 5.41) is 22.2. The zero-order valence-corrected chi connectivity index (χ0v) is 15.5. The highest BCUT2D eigenvalue weighted by Crippen LogP contribution is 2.21. The van der Waals surface area contributed by atoms with Crippen LogP contribution in [0.25, 0.3) is 0 Å². The maximum Gasteiger partial charge on any atom is 0.390 e. The predicted molar refractivity (Wildman–Crippen MR) is 97.8 cm³/mol. The topological polar surface area (TPSA) is 121 Å².